The molecular formula is C11H15BrN4O. The highest BCUT2D eigenvalue weighted by Crippen LogP contribution is 2.19. The third-order valence-corrected chi connectivity index (χ3v) is 2.85. The van der Waals surface area contributed by atoms with Crippen LogP contribution in [0.3, 0.4) is 0 Å². The Morgan fingerprint density at radius 2 is 2.35 bits per heavy atom. The van der Waals surface area contributed by atoms with Gasteiger partial charge in [-0.3, -0.25) is 0 Å². The number of ether oxygens (including phenoxy) is 1. The maximum atomic E-state index is 5.34. The first kappa shape index (κ1) is 12.3. The van der Waals surface area contributed by atoms with Crippen LogP contribution in [0.2, 0.25) is 0 Å². The highest BCUT2D eigenvalue weighted by Gasteiger charge is 2.10. The van der Waals surface area contributed by atoms with E-state index in [9.17, 15) is 0 Å². The number of aromatic nitrogens is 3. The van der Waals surface area contributed by atoms with Crippen LogP contribution in [-0.4, -0.2) is 41.2 Å². The predicted molar refractivity (Wildman–Crippen MR) is 70.5 cm³/mol. The van der Waals surface area contributed by atoms with Gasteiger partial charge < -0.3 is 14.0 Å². The monoisotopic (exact) mass is 298 g/mol. The van der Waals surface area contributed by atoms with Gasteiger partial charge in [-0.1, -0.05) is 0 Å². The van der Waals surface area contributed by atoms with Gasteiger partial charge in [-0.2, -0.15) is 0 Å². The van der Waals surface area contributed by atoms with E-state index in [4.69, 9.17) is 4.74 Å². The fourth-order valence-electron chi connectivity index (χ4n) is 1.59. The van der Waals surface area contributed by atoms with Crippen LogP contribution in [0.15, 0.2) is 23.2 Å². The zero-order valence-electron chi connectivity index (χ0n) is 9.93. The lowest BCUT2D eigenvalue weighted by molar-refractivity contribution is 0.154. The fraction of sp³-hybridized carbons (Fsp3) is 0.455. The molecule has 0 unspecified atom stereocenters. The minimum atomic E-state index is 0.689. The number of fused-ring (bicyclic) bond motifs is 1. The van der Waals surface area contributed by atoms with Gasteiger partial charge in [0.05, 0.1) is 6.61 Å². The molecular weight excluding hydrogens is 284 g/mol. The van der Waals surface area contributed by atoms with Gasteiger partial charge in [-0.15, -0.1) is 0 Å². The van der Waals surface area contributed by atoms with Crippen LogP contribution in [0.1, 0.15) is 6.92 Å². The molecule has 92 valence electrons. The van der Waals surface area contributed by atoms with Crippen molar-refractivity contribution in [3.05, 3.63) is 23.2 Å². The van der Waals surface area contributed by atoms with E-state index in [0.29, 0.717) is 6.61 Å². The molecule has 17 heavy (non-hydrogen) atoms. The second-order valence-electron chi connectivity index (χ2n) is 3.66. The molecule has 0 N–H and O–H groups in total. The molecule has 0 radical (unpaired) electrons. The number of halogens is 1. The molecule has 2 rings (SSSR count). The third kappa shape index (κ3) is 2.76. The highest BCUT2D eigenvalue weighted by atomic mass is 79.9. The number of hydrogen-bond donors (Lipinski definition) is 0. The number of imidazole rings is 1. The lowest BCUT2D eigenvalue weighted by Crippen LogP contribution is -2.24. The van der Waals surface area contributed by atoms with Gasteiger partial charge in [-0.05, 0) is 22.9 Å². The Bertz CT molecular complexity index is 499. The van der Waals surface area contributed by atoms with Crippen molar-refractivity contribution in [1.82, 2.24) is 14.4 Å². The molecule has 0 saturated heterocycles. The molecule has 2 aromatic rings. The van der Waals surface area contributed by atoms with E-state index in [1.807, 2.05) is 35.7 Å². The lowest BCUT2D eigenvalue weighted by atomic mass is 10.5. The topological polar surface area (TPSA) is 42.7 Å². The lowest BCUT2D eigenvalue weighted by Gasteiger charge is -2.18. The van der Waals surface area contributed by atoms with Gasteiger partial charge in [0, 0.05) is 38.8 Å². The summed E-state index contributed by atoms with van der Waals surface area (Å²) in [5, 5.41) is 0. The van der Waals surface area contributed by atoms with Gasteiger partial charge in [0.2, 0.25) is 0 Å². The molecule has 0 spiro atoms. The summed E-state index contributed by atoms with van der Waals surface area (Å²) in [5.41, 5.74) is 0.854. The molecule has 5 nitrogen and oxygen atoms in total. The Morgan fingerprint density at radius 3 is 3.12 bits per heavy atom. The molecule has 2 heterocycles. The van der Waals surface area contributed by atoms with Crippen LogP contribution in [0.25, 0.3) is 5.65 Å². The van der Waals surface area contributed by atoms with Crippen LogP contribution in [0.5, 0.6) is 0 Å². The second kappa shape index (κ2) is 5.46. The minimum Gasteiger partial charge on any atom is -0.380 e. The molecule has 0 bridgehead atoms. The van der Waals surface area contributed by atoms with Gasteiger partial charge in [0.1, 0.15) is 4.60 Å². The van der Waals surface area contributed by atoms with Crippen molar-refractivity contribution in [2.75, 3.05) is 31.7 Å². The van der Waals surface area contributed by atoms with E-state index in [-0.39, 0.29) is 0 Å². The average Bonchev–Trinajstić information content (AvgIpc) is 2.75. The van der Waals surface area contributed by atoms with Crippen molar-refractivity contribution >= 4 is 27.4 Å². The zero-order valence-corrected chi connectivity index (χ0v) is 11.5. The molecule has 0 atom stereocenters. The number of likely N-dealkylation sites (N-methyl/N-ethyl adjacent to an activating group) is 1. The SMILES string of the molecule is CCOCCN(C)c1nc(Br)cn2ccnc12. The molecule has 2 aromatic heterocycles. The van der Waals surface area contributed by atoms with Crippen molar-refractivity contribution in [2.45, 2.75) is 6.92 Å². The van der Waals surface area contributed by atoms with E-state index >= 15 is 0 Å². The van der Waals surface area contributed by atoms with Crippen molar-refractivity contribution in [3.8, 4) is 0 Å². The minimum absolute atomic E-state index is 0.689. The normalized spacial score (nSPS) is 11.0. The first-order valence-corrected chi connectivity index (χ1v) is 6.29. The third-order valence-electron chi connectivity index (χ3n) is 2.46. The Balaban J connectivity index is 2.24. The highest BCUT2D eigenvalue weighted by molar-refractivity contribution is 9.10. The van der Waals surface area contributed by atoms with Gasteiger partial charge in [0.25, 0.3) is 0 Å². The maximum absolute atomic E-state index is 5.34. The van der Waals surface area contributed by atoms with Crippen molar-refractivity contribution in [2.24, 2.45) is 0 Å². The van der Waals surface area contributed by atoms with Crippen LogP contribution in [0.4, 0.5) is 5.82 Å². The number of nitrogens with zero attached hydrogens (tertiary/aromatic N) is 4. The van der Waals surface area contributed by atoms with E-state index < -0.39 is 0 Å². The Hall–Kier alpha value is -1.14. The molecule has 0 aliphatic rings. The number of rotatable bonds is 5. The van der Waals surface area contributed by atoms with E-state index in [0.717, 1.165) is 29.2 Å². The summed E-state index contributed by atoms with van der Waals surface area (Å²) in [6.07, 6.45) is 5.56. The first-order chi connectivity index (χ1) is 8.22. The summed E-state index contributed by atoms with van der Waals surface area (Å²) in [4.78, 5) is 10.8. The van der Waals surface area contributed by atoms with Gasteiger partial charge >= 0.3 is 0 Å². The Labute approximate surface area is 109 Å². The largest absolute Gasteiger partial charge is 0.380 e. The second-order valence-corrected chi connectivity index (χ2v) is 4.48. The molecule has 0 saturated carbocycles. The van der Waals surface area contributed by atoms with Gasteiger partial charge in [-0.25, -0.2) is 9.97 Å². The molecule has 0 aliphatic heterocycles. The summed E-state index contributed by atoms with van der Waals surface area (Å²) in [7, 11) is 1.99. The molecule has 0 amide bonds. The van der Waals surface area contributed by atoms with Crippen molar-refractivity contribution in [1.29, 1.82) is 0 Å². The Kier molecular flexibility index (Phi) is 3.96. The molecule has 0 aliphatic carbocycles. The van der Waals surface area contributed by atoms with Crippen LogP contribution in [-0.2, 0) is 4.74 Å². The summed E-state index contributed by atoms with van der Waals surface area (Å²) < 4.78 is 8.08. The zero-order chi connectivity index (χ0) is 12.3. The first-order valence-electron chi connectivity index (χ1n) is 5.50. The summed E-state index contributed by atoms with van der Waals surface area (Å²) in [5.74, 6) is 0.851. The maximum Gasteiger partial charge on any atom is 0.180 e. The van der Waals surface area contributed by atoms with Crippen molar-refractivity contribution < 1.29 is 4.74 Å². The van der Waals surface area contributed by atoms with Gasteiger partial charge in [0.15, 0.2) is 11.5 Å². The predicted octanol–water partition coefficient (Wildman–Crippen LogP) is 1.96. The molecule has 0 aromatic carbocycles. The fourth-order valence-corrected chi connectivity index (χ4v) is 1.98. The van der Waals surface area contributed by atoms with Crippen LogP contribution in [0, 0.1) is 0 Å². The number of anilines is 1. The summed E-state index contributed by atoms with van der Waals surface area (Å²) in [6.45, 7) is 4.20. The quantitative estimate of drug-likeness (QED) is 0.792. The summed E-state index contributed by atoms with van der Waals surface area (Å²) >= 11 is 3.40. The molecule has 6 heteroatoms. The Morgan fingerprint density at radius 1 is 1.53 bits per heavy atom. The van der Waals surface area contributed by atoms with E-state index in [1.54, 1.807) is 6.20 Å². The average molecular weight is 299 g/mol. The molecule has 0 fully saturated rings. The van der Waals surface area contributed by atoms with Crippen molar-refractivity contribution in [3.63, 3.8) is 0 Å². The van der Waals surface area contributed by atoms with E-state index in [2.05, 4.69) is 25.9 Å². The van der Waals surface area contributed by atoms with E-state index in [1.165, 1.54) is 0 Å². The van der Waals surface area contributed by atoms with Crippen LogP contribution < -0.4 is 4.90 Å². The standard InChI is InChI=1S/C11H15BrN4O/c1-3-17-7-6-15(2)11-10-13-4-5-16(10)8-9(12)14-11/h4-5,8H,3,6-7H2,1-2H3. The summed E-state index contributed by atoms with van der Waals surface area (Å²) in [6, 6.07) is 0. The smallest absolute Gasteiger partial charge is 0.180 e. The number of hydrogen-bond acceptors (Lipinski definition) is 4. The van der Waals surface area contributed by atoms with Crippen LogP contribution >= 0.6 is 15.9 Å².